The Kier molecular flexibility index (Phi) is 3.51. The fraction of sp³-hybridized carbons (Fsp3) is 0.364. The Morgan fingerprint density at radius 3 is 2.24 bits per heavy atom. The van der Waals surface area contributed by atoms with Crippen LogP contribution in [-0.4, -0.2) is 30.4 Å². The van der Waals surface area contributed by atoms with E-state index in [1.54, 1.807) is 16.7 Å². The van der Waals surface area contributed by atoms with E-state index in [1.165, 1.54) is 0 Å². The average molecular weight is 257 g/mol. The van der Waals surface area contributed by atoms with E-state index in [-0.39, 0.29) is 17.1 Å². The number of anilines is 1. The number of benzene rings is 1. The Morgan fingerprint density at radius 1 is 1.24 bits per heavy atom. The molecule has 0 spiro atoms. The van der Waals surface area contributed by atoms with Crippen molar-refractivity contribution in [1.82, 2.24) is 0 Å². The first-order chi connectivity index (χ1) is 8.09. The number of hydrogen-bond acceptors (Lipinski definition) is 3. The minimum atomic E-state index is -0.651. The number of thioether (sulfide) groups is 1. The van der Waals surface area contributed by atoms with Gasteiger partial charge in [-0.25, -0.2) is 8.78 Å². The van der Waals surface area contributed by atoms with Gasteiger partial charge in [-0.05, 0) is 12.1 Å². The van der Waals surface area contributed by atoms with Crippen LogP contribution in [0.2, 0.25) is 0 Å². The second-order valence-electron chi connectivity index (χ2n) is 3.80. The molecule has 1 saturated heterocycles. The SMILES string of the molecule is N=C(N)c1cc(F)c(N2CCSCC2)c(F)c1. The lowest BCUT2D eigenvalue weighted by Gasteiger charge is -2.29. The monoisotopic (exact) mass is 257 g/mol. The Labute approximate surface area is 102 Å². The summed E-state index contributed by atoms with van der Waals surface area (Å²) in [5.74, 6) is 0.105. The predicted molar refractivity (Wildman–Crippen MR) is 66.9 cm³/mol. The van der Waals surface area contributed by atoms with Gasteiger partial charge in [0.25, 0.3) is 0 Å². The quantitative estimate of drug-likeness (QED) is 0.627. The molecule has 1 fully saturated rings. The molecule has 0 amide bonds. The van der Waals surface area contributed by atoms with E-state index in [9.17, 15) is 8.78 Å². The lowest BCUT2D eigenvalue weighted by atomic mass is 10.1. The summed E-state index contributed by atoms with van der Waals surface area (Å²) >= 11 is 1.77. The van der Waals surface area contributed by atoms with Gasteiger partial charge in [-0.3, -0.25) is 5.41 Å². The number of nitrogen functional groups attached to an aromatic ring is 1. The second kappa shape index (κ2) is 4.91. The zero-order chi connectivity index (χ0) is 12.4. The minimum Gasteiger partial charge on any atom is -0.384 e. The molecule has 0 atom stereocenters. The lowest BCUT2D eigenvalue weighted by molar-refractivity contribution is 0.573. The third-order valence-corrected chi connectivity index (χ3v) is 3.60. The van der Waals surface area contributed by atoms with Crippen molar-refractivity contribution in [1.29, 1.82) is 5.41 Å². The fourth-order valence-electron chi connectivity index (χ4n) is 1.81. The van der Waals surface area contributed by atoms with Crippen molar-refractivity contribution >= 4 is 23.3 Å². The van der Waals surface area contributed by atoms with Gasteiger partial charge in [0.15, 0.2) is 0 Å². The molecule has 0 unspecified atom stereocenters. The molecule has 2 rings (SSSR count). The molecule has 1 aliphatic rings. The zero-order valence-electron chi connectivity index (χ0n) is 9.17. The van der Waals surface area contributed by atoms with Crippen LogP contribution in [0.3, 0.4) is 0 Å². The van der Waals surface area contributed by atoms with Gasteiger partial charge >= 0.3 is 0 Å². The fourth-order valence-corrected chi connectivity index (χ4v) is 2.71. The second-order valence-corrected chi connectivity index (χ2v) is 5.03. The number of amidine groups is 1. The number of nitrogens with zero attached hydrogens (tertiary/aromatic N) is 1. The lowest BCUT2D eigenvalue weighted by Crippen LogP contribution is -2.34. The third-order valence-electron chi connectivity index (χ3n) is 2.66. The maximum atomic E-state index is 13.8. The summed E-state index contributed by atoms with van der Waals surface area (Å²) in [5, 5.41) is 7.17. The highest BCUT2D eigenvalue weighted by Crippen LogP contribution is 2.27. The minimum absolute atomic E-state index is 0.00435. The van der Waals surface area contributed by atoms with Crippen LogP contribution in [0.25, 0.3) is 0 Å². The first kappa shape index (κ1) is 12.2. The van der Waals surface area contributed by atoms with Gasteiger partial charge in [-0.2, -0.15) is 11.8 Å². The molecule has 0 bridgehead atoms. The van der Waals surface area contributed by atoms with Gasteiger partial charge in [0.05, 0.1) is 0 Å². The van der Waals surface area contributed by atoms with Crippen LogP contribution in [-0.2, 0) is 0 Å². The van der Waals surface area contributed by atoms with Crippen LogP contribution in [0.5, 0.6) is 0 Å². The van der Waals surface area contributed by atoms with Crippen molar-refractivity contribution in [2.24, 2.45) is 5.73 Å². The topological polar surface area (TPSA) is 53.1 Å². The summed E-state index contributed by atoms with van der Waals surface area (Å²) in [6.45, 7) is 1.27. The molecule has 17 heavy (non-hydrogen) atoms. The molecule has 1 aromatic carbocycles. The van der Waals surface area contributed by atoms with Gasteiger partial charge in [0, 0.05) is 30.2 Å². The van der Waals surface area contributed by atoms with Crippen LogP contribution < -0.4 is 10.6 Å². The van der Waals surface area contributed by atoms with E-state index in [1.807, 2.05) is 0 Å². The summed E-state index contributed by atoms with van der Waals surface area (Å²) in [4.78, 5) is 1.70. The Bertz CT molecular complexity index is 421. The molecule has 1 heterocycles. The zero-order valence-corrected chi connectivity index (χ0v) is 9.99. The summed E-state index contributed by atoms with van der Waals surface area (Å²) in [7, 11) is 0. The first-order valence-corrected chi connectivity index (χ1v) is 6.41. The summed E-state index contributed by atoms with van der Waals surface area (Å²) in [5.41, 5.74) is 5.29. The largest absolute Gasteiger partial charge is 0.384 e. The molecule has 1 aliphatic heterocycles. The summed E-state index contributed by atoms with van der Waals surface area (Å²) < 4.78 is 27.6. The van der Waals surface area contributed by atoms with E-state index >= 15 is 0 Å². The molecule has 0 aromatic heterocycles. The first-order valence-electron chi connectivity index (χ1n) is 5.25. The highest BCUT2D eigenvalue weighted by atomic mass is 32.2. The van der Waals surface area contributed by atoms with E-state index in [0.717, 1.165) is 23.6 Å². The average Bonchev–Trinajstić information content (AvgIpc) is 2.29. The molecule has 3 N–H and O–H groups in total. The molecule has 0 aliphatic carbocycles. The van der Waals surface area contributed by atoms with Crippen molar-refractivity contribution in [3.8, 4) is 0 Å². The number of rotatable bonds is 2. The number of nitrogens with two attached hydrogens (primary N) is 1. The predicted octanol–water partition coefficient (Wildman–Crippen LogP) is 1.80. The van der Waals surface area contributed by atoms with Gasteiger partial charge < -0.3 is 10.6 Å². The molecule has 3 nitrogen and oxygen atoms in total. The maximum Gasteiger partial charge on any atom is 0.150 e. The van der Waals surface area contributed by atoms with E-state index in [0.29, 0.717) is 13.1 Å². The van der Waals surface area contributed by atoms with Crippen LogP contribution in [0.4, 0.5) is 14.5 Å². The highest BCUT2D eigenvalue weighted by Gasteiger charge is 2.20. The van der Waals surface area contributed by atoms with Crippen LogP contribution in [0, 0.1) is 17.0 Å². The third kappa shape index (κ3) is 2.52. The van der Waals surface area contributed by atoms with Crippen LogP contribution in [0.15, 0.2) is 12.1 Å². The van der Waals surface area contributed by atoms with Gasteiger partial charge in [0.1, 0.15) is 23.2 Å². The Hall–Kier alpha value is -1.30. The van der Waals surface area contributed by atoms with Crippen LogP contribution >= 0.6 is 11.8 Å². The van der Waals surface area contributed by atoms with Crippen LogP contribution in [0.1, 0.15) is 5.56 Å². The molecular weight excluding hydrogens is 244 g/mol. The van der Waals surface area contributed by atoms with Crippen molar-refractivity contribution < 1.29 is 8.78 Å². The molecular formula is C11H13F2N3S. The molecule has 0 saturated carbocycles. The molecule has 1 aromatic rings. The van der Waals surface area contributed by atoms with Crippen molar-refractivity contribution in [2.45, 2.75) is 0 Å². The standard InChI is InChI=1S/C11H13F2N3S/c12-8-5-7(11(14)15)6-9(13)10(8)16-1-3-17-4-2-16/h5-6H,1-4H2,(H3,14,15). The number of nitrogens with one attached hydrogen (secondary N) is 1. The van der Waals surface area contributed by atoms with Crippen molar-refractivity contribution in [3.05, 3.63) is 29.3 Å². The van der Waals surface area contributed by atoms with E-state index < -0.39 is 11.6 Å². The summed E-state index contributed by atoms with van der Waals surface area (Å²) in [6.07, 6.45) is 0. The maximum absolute atomic E-state index is 13.8. The summed E-state index contributed by atoms with van der Waals surface area (Å²) in [6, 6.07) is 2.23. The normalized spacial score (nSPS) is 16.0. The van der Waals surface area contributed by atoms with E-state index in [4.69, 9.17) is 11.1 Å². The van der Waals surface area contributed by atoms with Gasteiger partial charge in [-0.1, -0.05) is 0 Å². The van der Waals surface area contributed by atoms with E-state index in [2.05, 4.69) is 0 Å². The smallest absolute Gasteiger partial charge is 0.150 e. The Morgan fingerprint density at radius 2 is 1.76 bits per heavy atom. The van der Waals surface area contributed by atoms with Gasteiger partial charge in [-0.15, -0.1) is 0 Å². The molecule has 6 heteroatoms. The molecule has 0 radical (unpaired) electrons. The van der Waals surface area contributed by atoms with Crippen molar-refractivity contribution in [3.63, 3.8) is 0 Å². The van der Waals surface area contributed by atoms with Gasteiger partial charge in [0.2, 0.25) is 0 Å². The Balaban J connectivity index is 2.37. The highest BCUT2D eigenvalue weighted by molar-refractivity contribution is 7.99. The number of hydrogen-bond donors (Lipinski definition) is 2. The van der Waals surface area contributed by atoms with Crippen molar-refractivity contribution in [2.75, 3.05) is 29.5 Å². The molecule has 92 valence electrons. The number of halogens is 2.